The lowest BCUT2D eigenvalue weighted by Crippen LogP contribution is -2.30. The lowest BCUT2D eigenvalue weighted by Gasteiger charge is -2.15. The Kier molecular flexibility index (Phi) is 5.44. The van der Waals surface area contributed by atoms with Crippen molar-refractivity contribution in [3.8, 4) is 0 Å². The first kappa shape index (κ1) is 11.9. The van der Waals surface area contributed by atoms with E-state index in [0.717, 1.165) is 6.42 Å². The summed E-state index contributed by atoms with van der Waals surface area (Å²) >= 11 is 0. The zero-order valence-electron chi connectivity index (χ0n) is 7.78. The van der Waals surface area contributed by atoms with Gasteiger partial charge in [0.2, 0.25) is 10.0 Å². The highest BCUT2D eigenvalue weighted by molar-refractivity contribution is 7.89. The average Bonchev–Trinajstić information content (AvgIpc) is 2.01. The summed E-state index contributed by atoms with van der Waals surface area (Å²) in [4.78, 5) is 0. The van der Waals surface area contributed by atoms with E-state index in [2.05, 4.69) is 0 Å². The predicted molar refractivity (Wildman–Crippen MR) is 50.4 cm³/mol. The molecule has 0 heterocycles. The molecule has 0 saturated carbocycles. The van der Waals surface area contributed by atoms with Crippen molar-refractivity contribution in [3.63, 3.8) is 0 Å². The van der Waals surface area contributed by atoms with Crippen LogP contribution in [0.5, 0.6) is 0 Å². The van der Waals surface area contributed by atoms with Crippen molar-refractivity contribution in [1.29, 1.82) is 0 Å². The van der Waals surface area contributed by atoms with Gasteiger partial charge in [0.1, 0.15) is 0 Å². The molecule has 0 rings (SSSR count). The average molecular weight is 194 g/mol. The van der Waals surface area contributed by atoms with Crippen molar-refractivity contribution in [3.05, 3.63) is 0 Å². The van der Waals surface area contributed by atoms with E-state index >= 15 is 0 Å². The normalized spacial score (nSPS) is 12.3. The first-order valence-corrected chi connectivity index (χ1v) is 5.79. The minimum atomic E-state index is -3.03. The zero-order valence-corrected chi connectivity index (χ0v) is 8.60. The van der Waals surface area contributed by atoms with Crippen molar-refractivity contribution in [1.82, 2.24) is 4.31 Å². The molecule has 0 spiro atoms. The van der Waals surface area contributed by atoms with Gasteiger partial charge in [0, 0.05) is 13.6 Å². The molecular weight excluding hydrogens is 176 g/mol. The maximum atomic E-state index is 11.3. The van der Waals surface area contributed by atoms with Gasteiger partial charge in [-0.3, -0.25) is 0 Å². The molecule has 5 heteroatoms. The van der Waals surface area contributed by atoms with Crippen molar-refractivity contribution in [2.24, 2.45) is 5.73 Å². The van der Waals surface area contributed by atoms with Gasteiger partial charge < -0.3 is 5.73 Å². The Labute approximate surface area is 74.8 Å². The Hall–Kier alpha value is -0.130. The number of nitrogens with zero attached hydrogens (tertiary/aromatic N) is 1. The Morgan fingerprint density at radius 2 is 2.00 bits per heavy atom. The molecule has 0 fully saturated rings. The van der Waals surface area contributed by atoms with Gasteiger partial charge in [-0.05, 0) is 19.4 Å². The summed E-state index contributed by atoms with van der Waals surface area (Å²) in [5, 5.41) is 0. The van der Waals surface area contributed by atoms with E-state index < -0.39 is 10.0 Å². The summed E-state index contributed by atoms with van der Waals surface area (Å²) in [7, 11) is -1.42. The van der Waals surface area contributed by atoms with Gasteiger partial charge in [-0.25, -0.2) is 12.7 Å². The largest absolute Gasteiger partial charge is 0.330 e. The molecule has 12 heavy (non-hydrogen) atoms. The van der Waals surface area contributed by atoms with Crippen LogP contribution in [-0.4, -0.2) is 38.6 Å². The third kappa shape index (κ3) is 4.04. The summed E-state index contributed by atoms with van der Waals surface area (Å²) in [6.07, 6.45) is 1.38. The van der Waals surface area contributed by atoms with Crippen LogP contribution in [0.25, 0.3) is 0 Å². The summed E-state index contributed by atoms with van der Waals surface area (Å²) in [6.45, 7) is 2.97. The van der Waals surface area contributed by atoms with Crippen molar-refractivity contribution >= 4 is 10.0 Å². The van der Waals surface area contributed by atoms with Crippen LogP contribution < -0.4 is 5.73 Å². The molecule has 0 aliphatic carbocycles. The van der Waals surface area contributed by atoms with Crippen LogP contribution >= 0.6 is 0 Å². The molecule has 0 radical (unpaired) electrons. The molecule has 0 amide bonds. The maximum Gasteiger partial charge on any atom is 0.213 e. The van der Waals surface area contributed by atoms with Crippen LogP contribution in [0.3, 0.4) is 0 Å². The first-order chi connectivity index (χ1) is 5.54. The van der Waals surface area contributed by atoms with Gasteiger partial charge in [-0.2, -0.15) is 0 Å². The van der Waals surface area contributed by atoms with E-state index in [1.165, 1.54) is 4.31 Å². The lowest BCUT2D eigenvalue weighted by atomic mass is 10.5. The Morgan fingerprint density at radius 1 is 1.42 bits per heavy atom. The second-order valence-corrected chi connectivity index (χ2v) is 4.98. The summed E-state index contributed by atoms with van der Waals surface area (Å²) in [6, 6.07) is 0. The molecule has 2 N–H and O–H groups in total. The lowest BCUT2D eigenvalue weighted by molar-refractivity contribution is 0.467. The Bertz CT molecular complexity index is 201. The number of rotatable bonds is 6. The van der Waals surface area contributed by atoms with Crippen LogP contribution in [0.2, 0.25) is 0 Å². The molecule has 0 unspecified atom stereocenters. The molecule has 0 aromatic heterocycles. The predicted octanol–water partition coefficient (Wildman–Crippen LogP) is 0.00680. The van der Waals surface area contributed by atoms with Gasteiger partial charge in [0.25, 0.3) is 0 Å². The second-order valence-electron chi connectivity index (χ2n) is 2.78. The molecule has 74 valence electrons. The minimum absolute atomic E-state index is 0.167. The van der Waals surface area contributed by atoms with Crippen LogP contribution in [0.15, 0.2) is 0 Å². The van der Waals surface area contributed by atoms with Crippen LogP contribution in [-0.2, 0) is 10.0 Å². The minimum Gasteiger partial charge on any atom is -0.330 e. The number of nitrogens with two attached hydrogens (primary N) is 1. The molecule has 0 aromatic carbocycles. The fourth-order valence-electron chi connectivity index (χ4n) is 0.876. The fraction of sp³-hybridized carbons (Fsp3) is 1.00. The monoisotopic (exact) mass is 194 g/mol. The quantitative estimate of drug-likeness (QED) is 0.647. The van der Waals surface area contributed by atoms with Gasteiger partial charge in [0.05, 0.1) is 5.75 Å². The third-order valence-corrected chi connectivity index (χ3v) is 3.56. The van der Waals surface area contributed by atoms with E-state index in [0.29, 0.717) is 19.5 Å². The number of sulfonamides is 1. The third-order valence-electron chi connectivity index (χ3n) is 1.62. The van der Waals surface area contributed by atoms with Crippen LogP contribution in [0.1, 0.15) is 19.8 Å². The standard InChI is InChI=1S/C7H18N2O2S/c1-3-6-9(2)12(10,11)7-4-5-8/h3-8H2,1-2H3. The van der Waals surface area contributed by atoms with Crippen molar-refractivity contribution in [2.45, 2.75) is 19.8 Å². The zero-order chi connectivity index (χ0) is 9.61. The van der Waals surface area contributed by atoms with Gasteiger partial charge >= 0.3 is 0 Å². The molecule has 0 aliphatic heterocycles. The molecule has 0 aromatic rings. The molecule has 0 atom stereocenters. The highest BCUT2D eigenvalue weighted by Gasteiger charge is 2.15. The topological polar surface area (TPSA) is 63.4 Å². The first-order valence-electron chi connectivity index (χ1n) is 4.18. The van der Waals surface area contributed by atoms with Gasteiger partial charge in [-0.1, -0.05) is 6.92 Å². The summed E-state index contributed by atoms with van der Waals surface area (Å²) in [5.74, 6) is 0.167. The van der Waals surface area contributed by atoms with Crippen LogP contribution in [0, 0.1) is 0 Å². The molecule has 4 nitrogen and oxygen atoms in total. The molecular formula is C7H18N2O2S. The smallest absolute Gasteiger partial charge is 0.213 e. The summed E-state index contributed by atoms with van der Waals surface area (Å²) < 4.78 is 24.1. The van der Waals surface area contributed by atoms with Gasteiger partial charge in [-0.15, -0.1) is 0 Å². The number of hydrogen-bond acceptors (Lipinski definition) is 3. The van der Waals surface area contributed by atoms with E-state index in [1.807, 2.05) is 6.92 Å². The Morgan fingerprint density at radius 3 is 2.42 bits per heavy atom. The Balaban J connectivity index is 4.01. The van der Waals surface area contributed by atoms with E-state index in [4.69, 9.17) is 5.73 Å². The van der Waals surface area contributed by atoms with Crippen molar-refractivity contribution < 1.29 is 8.42 Å². The van der Waals surface area contributed by atoms with Gasteiger partial charge in [0.15, 0.2) is 0 Å². The highest BCUT2D eigenvalue weighted by atomic mass is 32.2. The van der Waals surface area contributed by atoms with E-state index in [1.54, 1.807) is 7.05 Å². The SMILES string of the molecule is CCCN(C)S(=O)(=O)CCCN. The molecule has 0 bridgehead atoms. The fourth-order valence-corrected chi connectivity index (χ4v) is 2.18. The summed E-state index contributed by atoms with van der Waals surface area (Å²) in [5.41, 5.74) is 5.23. The number of hydrogen-bond donors (Lipinski definition) is 1. The highest BCUT2D eigenvalue weighted by Crippen LogP contribution is 2.00. The van der Waals surface area contributed by atoms with Crippen LogP contribution in [0.4, 0.5) is 0 Å². The van der Waals surface area contributed by atoms with Crippen molar-refractivity contribution in [2.75, 3.05) is 25.9 Å². The second kappa shape index (κ2) is 5.50. The molecule has 0 aliphatic rings. The van der Waals surface area contributed by atoms with E-state index in [-0.39, 0.29) is 5.75 Å². The molecule has 0 saturated heterocycles. The van der Waals surface area contributed by atoms with E-state index in [9.17, 15) is 8.42 Å². The maximum absolute atomic E-state index is 11.3.